The van der Waals surface area contributed by atoms with Crippen LogP contribution in [0, 0.1) is 0 Å². The first kappa shape index (κ1) is 19.0. The number of sulfone groups is 1. The monoisotopic (exact) mass is 340 g/mol. The van der Waals surface area contributed by atoms with Gasteiger partial charge in [-0.05, 0) is 6.92 Å². The van der Waals surface area contributed by atoms with Gasteiger partial charge in [-0.1, -0.05) is 0 Å². The van der Waals surface area contributed by atoms with Crippen molar-refractivity contribution in [3.63, 3.8) is 0 Å². The van der Waals surface area contributed by atoms with E-state index in [4.69, 9.17) is 0 Å². The predicted molar refractivity (Wildman–Crippen MR) is 45.4 cm³/mol. The third-order valence-electron chi connectivity index (χ3n) is 1.90. The van der Waals surface area contributed by atoms with Crippen LogP contribution in [0.15, 0.2) is 0 Å². The second-order valence-corrected chi connectivity index (χ2v) is 5.66. The van der Waals surface area contributed by atoms with Gasteiger partial charge in [-0.25, -0.2) is 8.42 Å². The molecular formula is C7H5F9O3S. The minimum absolute atomic E-state index is 0.341. The molecule has 0 radical (unpaired) electrons. The Morgan fingerprint density at radius 3 is 1.45 bits per heavy atom. The Morgan fingerprint density at radius 1 is 0.850 bits per heavy atom. The van der Waals surface area contributed by atoms with Crippen molar-refractivity contribution < 1.29 is 52.7 Å². The van der Waals surface area contributed by atoms with Gasteiger partial charge in [0.05, 0.1) is 0 Å². The summed E-state index contributed by atoms with van der Waals surface area (Å²) in [5, 5.41) is -6.79. The van der Waals surface area contributed by atoms with Gasteiger partial charge in [0.15, 0.2) is 0 Å². The highest BCUT2D eigenvalue weighted by Crippen LogP contribution is 2.54. The summed E-state index contributed by atoms with van der Waals surface area (Å²) in [4.78, 5) is 10.3. The molecule has 3 nitrogen and oxygen atoms in total. The lowest BCUT2D eigenvalue weighted by atomic mass is 10.1. The van der Waals surface area contributed by atoms with E-state index >= 15 is 0 Å². The Balaban J connectivity index is 6.01. The molecule has 0 rings (SSSR count). The number of alkyl halides is 9. The minimum atomic E-state index is -7.31. The molecule has 0 N–H and O–H groups in total. The van der Waals surface area contributed by atoms with Gasteiger partial charge in [0.25, 0.3) is 0 Å². The minimum Gasteiger partial charge on any atom is -0.299 e. The molecule has 0 aliphatic carbocycles. The topological polar surface area (TPSA) is 51.2 Å². The van der Waals surface area contributed by atoms with E-state index in [1.165, 1.54) is 0 Å². The van der Waals surface area contributed by atoms with Crippen molar-refractivity contribution in [3.05, 3.63) is 0 Å². The molecule has 13 heteroatoms. The Hall–Kier alpha value is -1.01. The molecule has 0 amide bonds. The zero-order valence-corrected chi connectivity index (χ0v) is 10.1. The SMILES string of the molecule is CC(=O)CS(=O)(=O)C(F)(F)C(F)(F)C(F)(F)C(F)(F)F. The number of hydrogen-bond donors (Lipinski definition) is 0. The van der Waals surface area contributed by atoms with Crippen molar-refractivity contribution in [2.75, 3.05) is 5.75 Å². The molecule has 0 heterocycles. The highest BCUT2D eigenvalue weighted by Gasteiger charge is 2.85. The van der Waals surface area contributed by atoms with E-state index in [9.17, 15) is 52.7 Å². The summed E-state index contributed by atoms with van der Waals surface area (Å²) >= 11 is 0. The van der Waals surface area contributed by atoms with Crippen molar-refractivity contribution in [2.24, 2.45) is 0 Å². The number of hydrogen-bond acceptors (Lipinski definition) is 3. The van der Waals surface area contributed by atoms with Gasteiger partial charge in [0.1, 0.15) is 11.5 Å². The number of halogens is 9. The molecule has 0 bridgehead atoms. The second kappa shape index (κ2) is 4.77. The molecule has 0 fully saturated rings. The fraction of sp³-hybridized carbons (Fsp3) is 0.857. The molecule has 120 valence electrons. The second-order valence-electron chi connectivity index (χ2n) is 3.62. The summed E-state index contributed by atoms with van der Waals surface area (Å²) in [5.41, 5.74) is 0. The summed E-state index contributed by atoms with van der Waals surface area (Å²) in [6.07, 6.45) is -7.12. The van der Waals surface area contributed by atoms with Crippen LogP contribution < -0.4 is 0 Å². The predicted octanol–water partition coefficient (Wildman–Crippen LogP) is 2.42. The van der Waals surface area contributed by atoms with Crippen LogP contribution in [0.4, 0.5) is 39.5 Å². The number of rotatable bonds is 5. The van der Waals surface area contributed by atoms with Gasteiger partial charge < -0.3 is 0 Å². The third kappa shape index (κ3) is 2.72. The quantitative estimate of drug-likeness (QED) is 0.723. The average Bonchev–Trinajstić information content (AvgIpc) is 2.12. The van der Waals surface area contributed by atoms with Crippen LogP contribution in [0.25, 0.3) is 0 Å². The van der Waals surface area contributed by atoms with Crippen molar-refractivity contribution in [1.29, 1.82) is 0 Å². The van der Waals surface area contributed by atoms with Gasteiger partial charge in [-0.15, -0.1) is 0 Å². The van der Waals surface area contributed by atoms with Gasteiger partial charge in [0.2, 0.25) is 9.84 Å². The lowest BCUT2D eigenvalue weighted by Gasteiger charge is -2.32. The van der Waals surface area contributed by atoms with Crippen LogP contribution in [-0.4, -0.2) is 43.2 Å². The fourth-order valence-corrected chi connectivity index (χ4v) is 2.15. The van der Waals surface area contributed by atoms with E-state index < -0.39 is 44.6 Å². The summed E-state index contributed by atoms with van der Waals surface area (Å²) in [6.45, 7) is 0.341. The molecule has 0 aromatic rings. The van der Waals surface area contributed by atoms with Gasteiger partial charge >= 0.3 is 23.3 Å². The summed E-state index contributed by atoms with van der Waals surface area (Å²) in [5.74, 6) is -18.6. The highest BCUT2D eigenvalue weighted by atomic mass is 32.2. The maximum absolute atomic E-state index is 12.9. The molecule has 0 saturated carbocycles. The van der Waals surface area contributed by atoms with Gasteiger partial charge in [-0.3, -0.25) is 4.79 Å². The van der Waals surface area contributed by atoms with Crippen LogP contribution in [0.3, 0.4) is 0 Å². The van der Waals surface area contributed by atoms with E-state index in [-0.39, 0.29) is 0 Å². The standard InChI is InChI=1S/C7H5F9O3S/c1-3(17)2-20(18,19)7(15,16)5(10,11)4(8,9)6(12,13)14/h2H2,1H3. The number of carbonyl (C=O) groups is 1. The molecule has 0 aliphatic heterocycles. The summed E-state index contributed by atoms with van der Waals surface area (Å²) in [7, 11) is -6.57. The summed E-state index contributed by atoms with van der Waals surface area (Å²) in [6, 6.07) is 0. The van der Waals surface area contributed by atoms with E-state index in [0.717, 1.165) is 0 Å². The van der Waals surface area contributed by atoms with Crippen LogP contribution in [0.5, 0.6) is 0 Å². The lowest BCUT2D eigenvalue weighted by molar-refractivity contribution is -0.382. The lowest BCUT2D eigenvalue weighted by Crippen LogP contribution is -2.63. The first-order chi connectivity index (χ1) is 8.42. The van der Waals surface area contributed by atoms with E-state index in [1.807, 2.05) is 0 Å². The fourth-order valence-electron chi connectivity index (χ4n) is 0.914. The number of carbonyl (C=O) groups excluding carboxylic acids is 1. The molecule has 0 atom stereocenters. The molecule has 0 spiro atoms. The molecule has 0 aromatic heterocycles. The molecule has 0 unspecified atom stereocenters. The Morgan fingerprint density at radius 2 is 1.20 bits per heavy atom. The molecule has 0 saturated heterocycles. The molecular weight excluding hydrogens is 335 g/mol. The first-order valence-electron chi connectivity index (χ1n) is 4.33. The van der Waals surface area contributed by atoms with Gasteiger partial charge in [-0.2, -0.15) is 39.5 Å². The van der Waals surface area contributed by atoms with Gasteiger partial charge in [0, 0.05) is 0 Å². The van der Waals surface area contributed by atoms with Crippen LogP contribution in [-0.2, 0) is 14.6 Å². The van der Waals surface area contributed by atoms with Crippen LogP contribution in [0.2, 0.25) is 0 Å². The zero-order chi connectivity index (χ0) is 16.8. The van der Waals surface area contributed by atoms with E-state index in [1.54, 1.807) is 0 Å². The zero-order valence-electron chi connectivity index (χ0n) is 9.24. The van der Waals surface area contributed by atoms with Crippen LogP contribution in [0.1, 0.15) is 6.92 Å². The summed E-state index contributed by atoms with van der Waals surface area (Å²) < 4.78 is 132. The van der Waals surface area contributed by atoms with Crippen molar-refractivity contribution in [2.45, 2.75) is 30.2 Å². The maximum Gasteiger partial charge on any atom is 0.460 e. The Kier molecular flexibility index (Phi) is 4.53. The Labute approximate surface area is 105 Å². The average molecular weight is 340 g/mol. The normalized spacial score (nSPS) is 15.3. The largest absolute Gasteiger partial charge is 0.460 e. The molecule has 0 aromatic carbocycles. The van der Waals surface area contributed by atoms with Crippen molar-refractivity contribution in [1.82, 2.24) is 0 Å². The van der Waals surface area contributed by atoms with E-state index in [0.29, 0.717) is 6.92 Å². The maximum atomic E-state index is 12.9. The molecule has 20 heavy (non-hydrogen) atoms. The van der Waals surface area contributed by atoms with Crippen molar-refractivity contribution in [3.8, 4) is 0 Å². The van der Waals surface area contributed by atoms with Crippen molar-refractivity contribution >= 4 is 15.6 Å². The highest BCUT2D eigenvalue weighted by molar-refractivity contribution is 7.93. The van der Waals surface area contributed by atoms with Crippen LogP contribution >= 0.6 is 0 Å². The number of Topliss-reactive ketones (excluding diaryl/α,β-unsaturated/α-hetero) is 1. The first-order valence-corrected chi connectivity index (χ1v) is 5.99. The third-order valence-corrected chi connectivity index (χ3v) is 3.72. The smallest absolute Gasteiger partial charge is 0.299 e. The number of ketones is 1. The Bertz CT molecular complexity index is 490. The van der Waals surface area contributed by atoms with E-state index in [2.05, 4.69) is 0 Å². The molecule has 0 aliphatic rings.